The summed E-state index contributed by atoms with van der Waals surface area (Å²) in [5.74, 6) is -0.805. The molecule has 7 heteroatoms. The number of anilines is 1. The van der Waals surface area contributed by atoms with Gasteiger partial charge >= 0.3 is 5.97 Å². The van der Waals surface area contributed by atoms with E-state index in [1.165, 1.54) is 16.2 Å². The number of hydrogen-bond donors (Lipinski definition) is 1. The number of nitrogens with zero attached hydrogens (tertiary/aromatic N) is 1. The van der Waals surface area contributed by atoms with E-state index in [1.54, 1.807) is 11.3 Å². The van der Waals surface area contributed by atoms with Crippen LogP contribution >= 0.6 is 22.7 Å². The molecule has 1 amide bonds. The van der Waals surface area contributed by atoms with Gasteiger partial charge in [-0.15, -0.1) is 11.3 Å². The van der Waals surface area contributed by atoms with Gasteiger partial charge in [-0.05, 0) is 53.6 Å². The van der Waals surface area contributed by atoms with Crippen molar-refractivity contribution in [3.8, 4) is 6.07 Å². The van der Waals surface area contributed by atoms with Gasteiger partial charge in [0.2, 0.25) is 0 Å². The first-order chi connectivity index (χ1) is 11.7. The Hall–Kier alpha value is -2.17. The van der Waals surface area contributed by atoms with E-state index in [9.17, 15) is 14.9 Å². The number of ether oxygens (including phenoxy) is 1. The van der Waals surface area contributed by atoms with Crippen molar-refractivity contribution in [1.82, 2.24) is 0 Å². The second-order valence-corrected chi connectivity index (χ2v) is 7.40. The van der Waals surface area contributed by atoms with Gasteiger partial charge in [-0.3, -0.25) is 9.59 Å². The highest BCUT2D eigenvalue weighted by molar-refractivity contribution is 7.16. The highest BCUT2D eigenvalue weighted by Gasteiger charge is 2.23. The Morgan fingerprint density at radius 1 is 1.38 bits per heavy atom. The molecule has 5 nitrogen and oxygen atoms in total. The highest BCUT2D eigenvalue weighted by Crippen LogP contribution is 2.38. The molecule has 124 valence electrons. The Balaban J connectivity index is 1.48. The Bertz CT molecular complexity index is 788. The molecular formula is C17H16N2O3S2. The number of carbonyl (C=O) groups excluding carboxylic acids is 2. The largest absolute Gasteiger partial charge is 0.456 e. The van der Waals surface area contributed by atoms with Crippen LogP contribution in [0.5, 0.6) is 0 Å². The molecule has 0 saturated carbocycles. The maximum atomic E-state index is 12.0. The van der Waals surface area contributed by atoms with E-state index in [4.69, 9.17) is 4.74 Å². The number of hydrogen-bond acceptors (Lipinski definition) is 6. The fourth-order valence-electron chi connectivity index (χ4n) is 2.67. The molecule has 0 aliphatic heterocycles. The van der Waals surface area contributed by atoms with Crippen molar-refractivity contribution in [1.29, 1.82) is 5.26 Å². The number of nitrogens with one attached hydrogen (secondary N) is 1. The normalized spacial score (nSPS) is 12.5. The summed E-state index contributed by atoms with van der Waals surface area (Å²) < 4.78 is 5.00. The number of carbonyl (C=O) groups is 2. The number of rotatable bonds is 6. The SMILES string of the molecule is N#Cc1c(NC(=O)COC(=O)CCc2ccsc2)sc2c1CCC2. The van der Waals surface area contributed by atoms with Gasteiger partial charge in [0.25, 0.3) is 5.91 Å². The van der Waals surface area contributed by atoms with E-state index in [0.29, 0.717) is 17.0 Å². The van der Waals surface area contributed by atoms with Crippen molar-refractivity contribution in [2.24, 2.45) is 0 Å². The maximum absolute atomic E-state index is 12.0. The van der Waals surface area contributed by atoms with Gasteiger partial charge in [0.1, 0.15) is 11.1 Å². The van der Waals surface area contributed by atoms with Crippen LogP contribution in [0.2, 0.25) is 0 Å². The number of amides is 1. The lowest BCUT2D eigenvalue weighted by Gasteiger charge is -2.06. The van der Waals surface area contributed by atoms with Crippen LogP contribution < -0.4 is 5.32 Å². The van der Waals surface area contributed by atoms with Crippen molar-refractivity contribution in [2.75, 3.05) is 11.9 Å². The summed E-state index contributed by atoms with van der Waals surface area (Å²) in [6.07, 6.45) is 3.77. The average Bonchev–Trinajstić information content (AvgIpc) is 3.28. The molecule has 1 N–H and O–H groups in total. The van der Waals surface area contributed by atoms with Crippen molar-refractivity contribution in [3.63, 3.8) is 0 Å². The van der Waals surface area contributed by atoms with Crippen LogP contribution in [-0.2, 0) is 33.6 Å². The molecule has 3 rings (SSSR count). The molecule has 0 saturated heterocycles. The molecule has 1 aliphatic carbocycles. The zero-order valence-corrected chi connectivity index (χ0v) is 14.6. The summed E-state index contributed by atoms with van der Waals surface area (Å²) in [6, 6.07) is 4.13. The van der Waals surface area contributed by atoms with Gasteiger partial charge < -0.3 is 10.1 Å². The third-order valence-corrected chi connectivity index (χ3v) is 5.79. The zero-order chi connectivity index (χ0) is 16.9. The molecule has 0 bridgehead atoms. The van der Waals surface area contributed by atoms with Gasteiger partial charge in [-0.25, -0.2) is 0 Å². The highest BCUT2D eigenvalue weighted by atomic mass is 32.1. The van der Waals surface area contributed by atoms with E-state index < -0.39 is 11.9 Å². The third-order valence-electron chi connectivity index (χ3n) is 3.85. The molecular weight excluding hydrogens is 344 g/mol. The fourth-order valence-corrected chi connectivity index (χ4v) is 4.63. The Morgan fingerprint density at radius 3 is 3.00 bits per heavy atom. The first-order valence-corrected chi connectivity index (χ1v) is 9.44. The van der Waals surface area contributed by atoms with E-state index >= 15 is 0 Å². The first-order valence-electron chi connectivity index (χ1n) is 7.68. The molecule has 2 heterocycles. The molecule has 2 aromatic heterocycles. The summed E-state index contributed by atoms with van der Waals surface area (Å²) in [4.78, 5) is 24.8. The predicted octanol–water partition coefficient (Wildman–Crippen LogP) is 3.28. The van der Waals surface area contributed by atoms with E-state index in [1.807, 2.05) is 16.8 Å². The number of thiophene rings is 2. The molecule has 0 spiro atoms. The van der Waals surface area contributed by atoms with Crippen LogP contribution in [0.15, 0.2) is 16.8 Å². The Kier molecular flexibility index (Phi) is 5.28. The lowest BCUT2D eigenvalue weighted by molar-refractivity contribution is -0.147. The lowest BCUT2D eigenvalue weighted by Crippen LogP contribution is -2.21. The molecule has 2 aromatic rings. The van der Waals surface area contributed by atoms with Crippen LogP contribution in [-0.4, -0.2) is 18.5 Å². The Morgan fingerprint density at radius 2 is 2.25 bits per heavy atom. The quantitative estimate of drug-likeness (QED) is 0.802. The van der Waals surface area contributed by atoms with Crippen LogP contribution in [0.25, 0.3) is 0 Å². The summed E-state index contributed by atoms with van der Waals surface area (Å²) in [7, 11) is 0. The summed E-state index contributed by atoms with van der Waals surface area (Å²) in [5.41, 5.74) is 2.71. The minimum absolute atomic E-state index is 0.251. The minimum atomic E-state index is -0.407. The van der Waals surface area contributed by atoms with Crippen molar-refractivity contribution in [3.05, 3.63) is 38.4 Å². The van der Waals surface area contributed by atoms with Crippen molar-refractivity contribution < 1.29 is 14.3 Å². The molecule has 0 unspecified atom stereocenters. The van der Waals surface area contributed by atoms with E-state index in [0.717, 1.165) is 30.4 Å². The number of esters is 1. The van der Waals surface area contributed by atoms with Gasteiger partial charge in [-0.2, -0.15) is 16.6 Å². The smallest absolute Gasteiger partial charge is 0.306 e. The van der Waals surface area contributed by atoms with Gasteiger partial charge in [-0.1, -0.05) is 0 Å². The second kappa shape index (κ2) is 7.60. The molecule has 0 atom stereocenters. The second-order valence-electron chi connectivity index (χ2n) is 5.51. The standard InChI is InChI=1S/C17H16N2O3S2/c18-8-13-12-2-1-3-14(12)24-17(13)19-15(20)9-22-16(21)5-4-11-6-7-23-10-11/h6-7,10H,1-5,9H2,(H,19,20). The monoisotopic (exact) mass is 360 g/mol. The number of fused-ring (bicyclic) bond motifs is 1. The van der Waals surface area contributed by atoms with Crippen LogP contribution in [0.4, 0.5) is 5.00 Å². The molecule has 24 heavy (non-hydrogen) atoms. The van der Waals surface area contributed by atoms with Gasteiger partial charge in [0.15, 0.2) is 6.61 Å². The molecule has 0 aromatic carbocycles. The van der Waals surface area contributed by atoms with Gasteiger partial charge in [0, 0.05) is 11.3 Å². The summed E-state index contributed by atoms with van der Waals surface area (Å²) >= 11 is 3.03. The fraction of sp³-hybridized carbons (Fsp3) is 0.353. The summed E-state index contributed by atoms with van der Waals surface area (Å²) in [5, 5.41) is 16.5. The zero-order valence-electron chi connectivity index (χ0n) is 13.0. The molecule has 0 fully saturated rings. The maximum Gasteiger partial charge on any atom is 0.306 e. The minimum Gasteiger partial charge on any atom is -0.456 e. The third kappa shape index (κ3) is 3.83. The van der Waals surface area contributed by atoms with E-state index in [-0.39, 0.29) is 13.0 Å². The summed E-state index contributed by atoms with van der Waals surface area (Å²) in [6.45, 7) is -0.324. The van der Waals surface area contributed by atoms with Crippen molar-refractivity contribution in [2.45, 2.75) is 32.1 Å². The topological polar surface area (TPSA) is 79.2 Å². The number of aryl methyl sites for hydroxylation is 2. The van der Waals surface area contributed by atoms with Crippen LogP contribution in [0.3, 0.4) is 0 Å². The first kappa shape index (κ1) is 16.7. The van der Waals surface area contributed by atoms with Crippen LogP contribution in [0.1, 0.15) is 34.4 Å². The van der Waals surface area contributed by atoms with Gasteiger partial charge in [0.05, 0.1) is 5.56 Å². The lowest BCUT2D eigenvalue weighted by atomic mass is 10.1. The van der Waals surface area contributed by atoms with E-state index in [2.05, 4.69) is 11.4 Å². The average molecular weight is 360 g/mol. The number of nitriles is 1. The van der Waals surface area contributed by atoms with Crippen molar-refractivity contribution >= 4 is 39.6 Å². The molecule has 0 radical (unpaired) electrons. The van der Waals surface area contributed by atoms with Crippen LogP contribution in [0, 0.1) is 11.3 Å². The Labute approximate surface area is 147 Å². The molecule has 1 aliphatic rings. The predicted molar refractivity (Wildman–Crippen MR) is 93.3 cm³/mol.